The third kappa shape index (κ3) is 3.30. The molecular weight excluding hydrogens is 314 g/mol. The summed E-state index contributed by atoms with van der Waals surface area (Å²) in [5, 5.41) is 11.9. The zero-order chi connectivity index (χ0) is 13.8. The normalized spacial score (nSPS) is 10.0. The number of hydrogen-bond donors (Lipinski definition) is 1. The van der Waals surface area contributed by atoms with Gasteiger partial charge in [-0.2, -0.15) is 5.26 Å². The summed E-state index contributed by atoms with van der Waals surface area (Å²) in [4.78, 5) is 0. The zero-order valence-corrected chi connectivity index (χ0v) is 11.3. The van der Waals surface area contributed by atoms with Crippen LogP contribution in [0.25, 0.3) is 0 Å². The van der Waals surface area contributed by atoms with Crippen LogP contribution in [0.3, 0.4) is 0 Å². The van der Waals surface area contributed by atoms with Gasteiger partial charge < -0.3 is 5.32 Å². The molecule has 1 N–H and O–H groups in total. The average Bonchev–Trinajstić information content (AvgIpc) is 2.40. The van der Waals surface area contributed by atoms with Crippen LogP contribution in [0.15, 0.2) is 40.9 Å². The van der Waals surface area contributed by atoms with Crippen LogP contribution in [0.4, 0.5) is 14.5 Å². The summed E-state index contributed by atoms with van der Waals surface area (Å²) in [6, 6.07) is 10.2. The van der Waals surface area contributed by atoms with Crippen LogP contribution in [0, 0.1) is 23.0 Å². The van der Waals surface area contributed by atoms with E-state index in [-0.39, 0.29) is 11.4 Å². The third-order valence-electron chi connectivity index (χ3n) is 2.58. The first-order chi connectivity index (χ1) is 9.10. The highest BCUT2D eigenvalue weighted by atomic mass is 79.9. The van der Waals surface area contributed by atoms with E-state index in [1.54, 1.807) is 6.07 Å². The fourth-order valence-electron chi connectivity index (χ4n) is 1.63. The molecule has 2 rings (SSSR count). The molecule has 2 aromatic carbocycles. The molecule has 0 fully saturated rings. The highest BCUT2D eigenvalue weighted by Crippen LogP contribution is 2.21. The van der Waals surface area contributed by atoms with E-state index in [1.165, 1.54) is 24.3 Å². The van der Waals surface area contributed by atoms with Crippen LogP contribution >= 0.6 is 15.9 Å². The number of nitrogens with one attached hydrogen (secondary N) is 1. The molecule has 2 nitrogen and oxygen atoms in total. The molecule has 0 saturated carbocycles. The van der Waals surface area contributed by atoms with Crippen LogP contribution in [0.2, 0.25) is 0 Å². The topological polar surface area (TPSA) is 35.8 Å². The second kappa shape index (κ2) is 5.81. The molecule has 0 heterocycles. The number of nitriles is 1. The smallest absolute Gasteiger partial charge is 0.124 e. The van der Waals surface area contributed by atoms with Gasteiger partial charge in [-0.1, -0.05) is 15.9 Å². The highest BCUT2D eigenvalue weighted by molar-refractivity contribution is 9.10. The molecule has 5 heteroatoms. The molecule has 0 atom stereocenters. The summed E-state index contributed by atoms with van der Waals surface area (Å²) in [5.74, 6) is -0.798. The van der Waals surface area contributed by atoms with Crippen molar-refractivity contribution in [1.29, 1.82) is 5.26 Å². The summed E-state index contributed by atoms with van der Waals surface area (Å²) >= 11 is 3.32. The summed E-state index contributed by atoms with van der Waals surface area (Å²) in [6.45, 7) is 0.332. The quantitative estimate of drug-likeness (QED) is 0.918. The first kappa shape index (κ1) is 13.5. The summed E-state index contributed by atoms with van der Waals surface area (Å²) in [6.07, 6.45) is 0. The van der Waals surface area contributed by atoms with E-state index < -0.39 is 5.82 Å². The van der Waals surface area contributed by atoms with Crippen molar-refractivity contribution in [3.63, 3.8) is 0 Å². The van der Waals surface area contributed by atoms with Gasteiger partial charge in [-0.25, -0.2) is 8.78 Å². The minimum atomic E-state index is -0.464. The molecule has 0 bridgehead atoms. The molecule has 0 radical (unpaired) electrons. The number of hydrogen-bond acceptors (Lipinski definition) is 2. The molecule has 0 saturated heterocycles. The van der Waals surface area contributed by atoms with Gasteiger partial charge in [0.05, 0.1) is 11.3 Å². The number of benzene rings is 2. The van der Waals surface area contributed by atoms with Gasteiger partial charge >= 0.3 is 0 Å². The lowest BCUT2D eigenvalue weighted by molar-refractivity contribution is 0.625. The van der Waals surface area contributed by atoms with Crippen LogP contribution in [-0.4, -0.2) is 0 Å². The Hall–Kier alpha value is -1.93. The van der Waals surface area contributed by atoms with Gasteiger partial charge in [0.1, 0.15) is 17.7 Å². The lowest BCUT2D eigenvalue weighted by Gasteiger charge is -2.10. The summed E-state index contributed by atoms with van der Waals surface area (Å²) in [5.41, 5.74) is 1.45. The van der Waals surface area contributed by atoms with Gasteiger partial charge in [0.25, 0.3) is 0 Å². The second-order valence-corrected chi connectivity index (χ2v) is 4.75. The van der Waals surface area contributed by atoms with E-state index in [2.05, 4.69) is 21.2 Å². The number of halogens is 3. The first-order valence-electron chi connectivity index (χ1n) is 5.47. The fourth-order valence-corrected chi connectivity index (χ4v) is 2.02. The number of nitrogens with zero attached hydrogens (tertiary/aromatic N) is 1. The van der Waals surface area contributed by atoms with Crippen LogP contribution in [0.1, 0.15) is 11.1 Å². The Balaban J connectivity index is 2.19. The SMILES string of the molecule is N#Cc1cc(F)ccc1NCc1cc(F)ccc1Br. The van der Waals surface area contributed by atoms with Crippen LogP contribution in [0.5, 0.6) is 0 Å². The van der Waals surface area contributed by atoms with E-state index in [0.29, 0.717) is 17.8 Å². The van der Waals surface area contributed by atoms with Crippen molar-refractivity contribution in [2.24, 2.45) is 0 Å². The molecule has 19 heavy (non-hydrogen) atoms. The Kier molecular flexibility index (Phi) is 4.13. The molecule has 0 aromatic heterocycles. The molecule has 0 spiro atoms. The summed E-state index contributed by atoms with van der Waals surface area (Å²) < 4.78 is 26.9. The van der Waals surface area contributed by atoms with Crippen molar-refractivity contribution in [2.45, 2.75) is 6.54 Å². The second-order valence-electron chi connectivity index (χ2n) is 3.89. The average molecular weight is 323 g/mol. The van der Waals surface area contributed by atoms with Gasteiger partial charge in [-0.3, -0.25) is 0 Å². The molecule has 0 aliphatic rings. The van der Waals surface area contributed by atoms with Gasteiger partial charge in [0.15, 0.2) is 0 Å². The summed E-state index contributed by atoms with van der Waals surface area (Å²) in [7, 11) is 0. The number of rotatable bonds is 3. The van der Waals surface area contributed by atoms with Crippen molar-refractivity contribution in [1.82, 2.24) is 0 Å². The van der Waals surface area contributed by atoms with Gasteiger partial charge in [-0.15, -0.1) is 0 Å². The molecule has 0 aliphatic heterocycles. The minimum absolute atomic E-state index is 0.215. The van der Waals surface area contributed by atoms with Crippen LogP contribution < -0.4 is 5.32 Å². The Morgan fingerprint density at radius 1 is 1.11 bits per heavy atom. The predicted octanol–water partition coefficient (Wildman–Crippen LogP) is 4.21. The zero-order valence-electron chi connectivity index (χ0n) is 9.75. The third-order valence-corrected chi connectivity index (χ3v) is 3.35. The first-order valence-corrected chi connectivity index (χ1v) is 6.27. The Bertz CT molecular complexity index is 650. The molecule has 0 aliphatic carbocycles. The highest BCUT2D eigenvalue weighted by Gasteiger charge is 2.06. The van der Waals surface area contributed by atoms with E-state index in [0.717, 1.165) is 10.5 Å². The molecule has 0 amide bonds. The van der Waals surface area contributed by atoms with Crippen molar-refractivity contribution < 1.29 is 8.78 Å². The Morgan fingerprint density at radius 3 is 2.53 bits per heavy atom. The van der Waals surface area contributed by atoms with Crippen molar-refractivity contribution in [3.05, 3.63) is 63.6 Å². The van der Waals surface area contributed by atoms with Gasteiger partial charge in [0, 0.05) is 11.0 Å². The van der Waals surface area contributed by atoms with Gasteiger partial charge in [0.2, 0.25) is 0 Å². The standard InChI is InChI=1S/C14H9BrF2N2/c15-13-3-1-11(16)6-10(13)8-19-14-4-2-12(17)5-9(14)7-18/h1-6,19H,8H2. The van der Waals surface area contributed by atoms with E-state index in [1.807, 2.05) is 6.07 Å². The lowest BCUT2D eigenvalue weighted by atomic mass is 10.1. The molecule has 0 unspecified atom stereocenters. The van der Waals surface area contributed by atoms with Crippen molar-refractivity contribution in [2.75, 3.05) is 5.32 Å². The van der Waals surface area contributed by atoms with E-state index in [9.17, 15) is 8.78 Å². The fraction of sp³-hybridized carbons (Fsp3) is 0.0714. The largest absolute Gasteiger partial charge is 0.380 e. The van der Waals surface area contributed by atoms with E-state index >= 15 is 0 Å². The lowest BCUT2D eigenvalue weighted by Crippen LogP contribution is -2.02. The monoisotopic (exact) mass is 322 g/mol. The predicted molar refractivity (Wildman–Crippen MR) is 72.5 cm³/mol. The van der Waals surface area contributed by atoms with Crippen molar-refractivity contribution >= 4 is 21.6 Å². The van der Waals surface area contributed by atoms with Gasteiger partial charge in [-0.05, 0) is 42.0 Å². The molecule has 96 valence electrons. The maximum absolute atomic E-state index is 13.1. The minimum Gasteiger partial charge on any atom is -0.380 e. The van der Waals surface area contributed by atoms with E-state index in [4.69, 9.17) is 5.26 Å². The Morgan fingerprint density at radius 2 is 1.79 bits per heavy atom. The Labute approximate surface area is 117 Å². The molecule has 2 aromatic rings. The number of anilines is 1. The van der Waals surface area contributed by atoms with Crippen molar-refractivity contribution in [3.8, 4) is 6.07 Å². The molecular formula is C14H9BrF2N2. The van der Waals surface area contributed by atoms with Crippen LogP contribution in [-0.2, 0) is 6.54 Å². The maximum Gasteiger partial charge on any atom is 0.124 e. The maximum atomic E-state index is 13.1.